The highest BCUT2D eigenvalue weighted by molar-refractivity contribution is 9.10. The molecule has 0 radical (unpaired) electrons. The second kappa shape index (κ2) is 6.72. The number of aryl methyl sites for hydroxylation is 1. The Morgan fingerprint density at radius 2 is 2.22 bits per heavy atom. The molecule has 1 aromatic carbocycles. The van der Waals surface area contributed by atoms with Gasteiger partial charge in [0.05, 0.1) is 17.7 Å². The van der Waals surface area contributed by atoms with Crippen LogP contribution < -0.4 is 15.4 Å². The number of rotatable bonds is 4. The van der Waals surface area contributed by atoms with E-state index in [1.807, 2.05) is 25.1 Å². The number of halogens is 1. The molecule has 2 N–H and O–H groups in total. The number of carbonyl (C=O) groups excluding carboxylic acids is 1. The van der Waals surface area contributed by atoms with Gasteiger partial charge in [-0.25, -0.2) is 0 Å². The second-order valence-electron chi connectivity index (χ2n) is 4.97. The van der Waals surface area contributed by atoms with Crippen molar-refractivity contribution in [2.75, 3.05) is 12.4 Å². The molecule has 7 heteroatoms. The van der Waals surface area contributed by atoms with Gasteiger partial charge in [0.1, 0.15) is 11.5 Å². The SMILES string of the molecule is COc1ccc(C)cc1NC1NC(=O)/C(=C/c2ccc(Br)o2)S1. The molecule has 1 saturated heterocycles. The van der Waals surface area contributed by atoms with Crippen molar-refractivity contribution in [3.8, 4) is 5.75 Å². The van der Waals surface area contributed by atoms with Gasteiger partial charge >= 0.3 is 0 Å². The quantitative estimate of drug-likeness (QED) is 0.768. The highest BCUT2D eigenvalue weighted by Gasteiger charge is 2.28. The summed E-state index contributed by atoms with van der Waals surface area (Å²) >= 11 is 4.65. The molecule has 0 spiro atoms. The molecule has 1 aromatic heterocycles. The fraction of sp³-hybridized carbons (Fsp3) is 0.188. The Morgan fingerprint density at radius 1 is 1.39 bits per heavy atom. The average Bonchev–Trinajstić information content (AvgIpc) is 3.06. The molecule has 120 valence electrons. The molecule has 0 saturated carbocycles. The highest BCUT2D eigenvalue weighted by Crippen LogP contribution is 2.33. The second-order valence-corrected chi connectivity index (χ2v) is 6.90. The van der Waals surface area contributed by atoms with Crippen LogP contribution in [0.1, 0.15) is 11.3 Å². The largest absolute Gasteiger partial charge is 0.495 e. The van der Waals surface area contributed by atoms with Crippen molar-refractivity contribution in [2.24, 2.45) is 0 Å². The highest BCUT2D eigenvalue weighted by atomic mass is 79.9. The molecule has 3 rings (SSSR count). The summed E-state index contributed by atoms with van der Waals surface area (Å²) < 4.78 is 11.4. The summed E-state index contributed by atoms with van der Waals surface area (Å²) in [5, 5.41) is 6.16. The number of thioether (sulfide) groups is 1. The summed E-state index contributed by atoms with van der Waals surface area (Å²) in [7, 11) is 1.62. The maximum absolute atomic E-state index is 12.1. The molecule has 1 aliphatic rings. The van der Waals surface area contributed by atoms with Crippen molar-refractivity contribution in [2.45, 2.75) is 12.4 Å². The number of furan rings is 1. The lowest BCUT2D eigenvalue weighted by Crippen LogP contribution is -2.31. The normalized spacial score (nSPS) is 19.0. The third-order valence-corrected chi connectivity index (χ3v) is 4.69. The Bertz CT molecular complexity index is 772. The number of ether oxygens (including phenoxy) is 1. The lowest BCUT2D eigenvalue weighted by molar-refractivity contribution is -0.116. The summed E-state index contributed by atoms with van der Waals surface area (Å²) in [6, 6.07) is 9.45. The van der Waals surface area contributed by atoms with Crippen LogP contribution in [0.4, 0.5) is 5.69 Å². The maximum atomic E-state index is 12.1. The summed E-state index contributed by atoms with van der Waals surface area (Å²) in [6.07, 6.45) is 1.72. The minimum Gasteiger partial charge on any atom is -0.495 e. The Balaban J connectivity index is 1.75. The standard InChI is InChI=1S/C16H15BrN2O3S/c1-9-3-5-12(21-2)11(7-9)18-16-19-15(20)13(23-16)8-10-4-6-14(17)22-10/h3-8,16,18H,1-2H3,(H,19,20)/b13-8-. The molecule has 5 nitrogen and oxygen atoms in total. The van der Waals surface area contributed by atoms with E-state index >= 15 is 0 Å². The first-order valence-electron chi connectivity index (χ1n) is 6.91. The first kappa shape index (κ1) is 16.0. The van der Waals surface area contributed by atoms with Crippen molar-refractivity contribution >= 4 is 45.4 Å². The van der Waals surface area contributed by atoms with E-state index in [1.165, 1.54) is 11.8 Å². The summed E-state index contributed by atoms with van der Waals surface area (Å²) in [6.45, 7) is 2.01. The van der Waals surface area contributed by atoms with E-state index in [1.54, 1.807) is 25.3 Å². The van der Waals surface area contributed by atoms with Gasteiger partial charge in [-0.15, -0.1) is 0 Å². The smallest absolute Gasteiger partial charge is 0.260 e. The lowest BCUT2D eigenvalue weighted by atomic mass is 10.2. The number of anilines is 1. The molecular weight excluding hydrogens is 380 g/mol. The molecule has 0 bridgehead atoms. The van der Waals surface area contributed by atoms with Crippen molar-refractivity contribution < 1.29 is 13.9 Å². The van der Waals surface area contributed by atoms with Gasteiger partial charge in [0.2, 0.25) is 0 Å². The molecule has 1 amide bonds. The van der Waals surface area contributed by atoms with E-state index in [0.717, 1.165) is 17.0 Å². The predicted molar refractivity (Wildman–Crippen MR) is 95.3 cm³/mol. The van der Waals surface area contributed by atoms with Gasteiger partial charge < -0.3 is 19.8 Å². The van der Waals surface area contributed by atoms with Crippen LogP contribution in [0.25, 0.3) is 6.08 Å². The van der Waals surface area contributed by atoms with Crippen LogP contribution in [0, 0.1) is 6.92 Å². The molecule has 2 heterocycles. The van der Waals surface area contributed by atoms with Crippen LogP contribution in [0.3, 0.4) is 0 Å². The van der Waals surface area contributed by atoms with Gasteiger partial charge in [-0.1, -0.05) is 17.8 Å². The number of benzene rings is 1. The Morgan fingerprint density at radius 3 is 2.91 bits per heavy atom. The van der Waals surface area contributed by atoms with Gasteiger partial charge in [0, 0.05) is 6.08 Å². The minimum atomic E-state index is -0.261. The van der Waals surface area contributed by atoms with E-state index in [0.29, 0.717) is 15.3 Å². The summed E-state index contributed by atoms with van der Waals surface area (Å²) in [5.41, 5.74) is 1.69. The molecular formula is C16H15BrN2O3S. The number of hydrogen-bond donors (Lipinski definition) is 2. The van der Waals surface area contributed by atoms with E-state index in [4.69, 9.17) is 9.15 Å². The fourth-order valence-electron chi connectivity index (χ4n) is 2.18. The Kier molecular flexibility index (Phi) is 4.68. The number of hydrogen-bond acceptors (Lipinski definition) is 5. The zero-order valence-electron chi connectivity index (χ0n) is 12.6. The fourth-order valence-corrected chi connectivity index (χ4v) is 3.45. The first-order valence-corrected chi connectivity index (χ1v) is 8.58. The van der Waals surface area contributed by atoms with Crippen LogP contribution in [0.15, 0.2) is 44.3 Å². The molecule has 23 heavy (non-hydrogen) atoms. The molecule has 1 aliphatic heterocycles. The van der Waals surface area contributed by atoms with Crippen LogP contribution in [-0.2, 0) is 4.79 Å². The van der Waals surface area contributed by atoms with E-state index < -0.39 is 0 Å². The van der Waals surface area contributed by atoms with Crippen molar-refractivity contribution in [3.63, 3.8) is 0 Å². The maximum Gasteiger partial charge on any atom is 0.260 e. The van der Waals surface area contributed by atoms with Crippen molar-refractivity contribution in [1.82, 2.24) is 5.32 Å². The number of amides is 1. The number of nitrogens with one attached hydrogen (secondary N) is 2. The zero-order valence-corrected chi connectivity index (χ0v) is 15.0. The Labute approximate surface area is 146 Å². The van der Waals surface area contributed by atoms with Gasteiger partial charge in [0.25, 0.3) is 5.91 Å². The van der Waals surface area contributed by atoms with Gasteiger partial charge in [-0.2, -0.15) is 0 Å². The molecule has 1 unspecified atom stereocenters. The average molecular weight is 395 g/mol. The predicted octanol–water partition coefficient (Wildman–Crippen LogP) is 3.96. The lowest BCUT2D eigenvalue weighted by Gasteiger charge is -2.16. The van der Waals surface area contributed by atoms with Gasteiger partial charge in [-0.05, 0) is 52.7 Å². The van der Waals surface area contributed by atoms with E-state index in [-0.39, 0.29) is 11.4 Å². The van der Waals surface area contributed by atoms with Crippen LogP contribution in [0.2, 0.25) is 0 Å². The topological polar surface area (TPSA) is 63.5 Å². The van der Waals surface area contributed by atoms with E-state index in [9.17, 15) is 4.79 Å². The van der Waals surface area contributed by atoms with Crippen LogP contribution >= 0.6 is 27.7 Å². The van der Waals surface area contributed by atoms with Gasteiger partial charge in [-0.3, -0.25) is 4.79 Å². The first-order chi connectivity index (χ1) is 11.0. The zero-order chi connectivity index (χ0) is 16.4. The van der Waals surface area contributed by atoms with Crippen molar-refractivity contribution in [1.29, 1.82) is 0 Å². The Hall–Kier alpha value is -1.86. The monoisotopic (exact) mass is 394 g/mol. The minimum absolute atomic E-state index is 0.133. The van der Waals surface area contributed by atoms with Gasteiger partial charge in [0.15, 0.2) is 10.2 Å². The number of carbonyl (C=O) groups is 1. The molecule has 1 fully saturated rings. The van der Waals surface area contributed by atoms with Crippen LogP contribution in [0.5, 0.6) is 5.75 Å². The van der Waals surface area contributed by atoms with E-state index in [2.05, 4.69) is 26.6 Å². The summed E-state index contributed by atoms with van der Waals surface area (Å²) in [5.74, 6) is 1.23. The van der Waals surface area contributed by atoms with Crippen LogP contribution in [-0.4, -0.2) is 18.5 Å². The third kappa shape index (κ3) is 3.73. The molecule has 1 atom stereocenters. The molecule has 2 aromatic rings. The number of methoxy groups -OCH3 is 1. The molecule has 0 aliphatic carbocycles. The van der Waals surface area contributed by atoms with Crippen molar-refractivity contribution in [3.05, 3.63) is 51.2 Å². The summed E-state index contributed by atoms with van der Waals surface area (Å²) in [4.78, 5) is 12.7. The third-order valence-electron chi connectivity index (χ3n) is 3.24.